The second-order valence-corrected chi connectivity index (χ2v) is 7.04. The zero-order chi connectivity index (χ0) is 14.8. The number of ether oxygens (including phenoxy) is 1. The average molecular weight is 275 g/mol. The van der Waals surface area contributed by atoms with Gasteiger partial charge in [-0.3, -0.25) is 0 Å². The minimum Gasteiger partial charge on any atom is -0.364 e. The molecule has 1 fully saturated rings. The van der Waals surface area contributed by atoms with Gasteiger partial charge in [-0.25, -0.2) is 0 Å². The summed E-state index contributed by atoms with van der Waals surface area (Å²) in [5.41, 5.74) is 2.63. The molecule has 1 aliphatic rings. The maximum absolute atomic E-state index is 6.38. The van der Waals surface area contributed by atoms with Gasteiger partial charge < -0.3 is 10.1 Å². The average Bonchev–Trinajstić information content (AvgIpc) is 2.39. The summed E-state index contributed by atoms with van der Waals surface area (Å²) in [5, 5.41) is 3.53. The van der Waals surface area contributed by atoms with Crippen molar-refractivity contribution in [1.29, 1.82) is 0 Å². The largest absolute Gasteiger partial charge is 0.364 e. The van der Waals surface area contributed by atoms with Gasteiger partial charge in [-0.15, -0.1) is 0 Å². The monoisotopic (exact) mass is 275 g/mol. The second-order valence-electron chi connectivity index (χ2n) is 7.04. The quantitative estimate of drug-likeness (QED) is 0.898. The molecule has 0 saturated carbocycles. The van der Waals surface area contributed by atoms with Crippen LogP contribution in [0.4, 0.5) is 0 Å². The Bertz CT molecular complexity index is 424. The Morgan fingerprint density at radius 1 is 1.20 bits per heavy atom. The van der Waals surface area contributed by atoms with Crippen LogP contribution in [0.1, 0.15) is 51.8 Å². The molecule has 1 aromatic carbocycles. The predicted molar refractivity (Wildman–Crippen MR) is 84.9 cm³/mol. The van der Waals surface area contributed by atoms with E-state index >= 15 is 0 Å². The van der Waals surface area contributed by atoms with Crippen LogP contribution in [0.25, 0.3) is 0 Å². The number of morpholine rings is 1. The van der Waals surface area contributed by atoms with Crippen LogP contribution in [-0.4, -0.2) is 18.7 Å². The second kappa shape index (κ2) is 6.28. The third kappa shape index (κ3) is 3.62. The SMILES string of the molecule is CC(C)Cc1ccc(C2CNCC(C)(C(C)C)O2)cc1. The summed E-state index contributed by atoms with van der Waals surface area (Å²) < 4.78 is 6.38. The van der Waals surface area contributed by atoms with E-state index in [0.29, 0.717) is 11.8 Å². The van der Waals surface area contributed by atoms with Crippen molar-refractivity contribution in [2.24, 2.45) is 11.8 Å². The van der Waals surface area contributed by atoms with E-state index in [1.165, 1.54) is 11.1 Å². The van der Waals surface area contributed by atoms with Crippen LogP contribution < -0.4 is 5.32 Å². The molecule has 1 N–H and O–H groups in total. The van der Waals surface area contributed by atoms with Gasteiger partial charge in [0.1, 0.15) is 0 Å². The molecule has 0 radical (unpaired) electrons. The highest BCUT2D eigenvalue weighted by atomic mass is 16.5. The van der Waals surface area contributed by atoms with Gasteiger partial charge in [0, 0.05) is 13.1 Å². The van der Waals surface area contributed by atoms with E-state index in [1.54, 1.807) is 0 Å². The van der Waals surface area contributed by atoms with Gasteiger partial charge in [-0.1, -0.05) is 52.0 Å². The number of hydrogen-bond acceptors (Lipinski definition) is 2. The van der Waals surface area contributed by atoms with E-state index in [0.717, 1.165) is 19.5 Å². The first-order chi connectivity index (χ1) is 9.40. The Morgan fingerprint density at radius 3 is 2.40 bits per heavy atom. The summed E-state index contributed by atoms with van der Waals surface area (Å²) in [6.07, 6.45) is 1.32. The van der Waals surface area contributed by atoms with Crippen molar-refractivity contribution in [3.05, 3.63) is 35.4 Å². The molecule has 1 aromatic rings. The van der Waals surface area contributed by atoms with E-state index in [2.05, 4.69) is 64.2 Å². The first-order valence-electron chi connectivity index (χ1n) is 7.88. The highest BCUT2D eigenvalue weighted by Gasteiger charge is 2.36. The molecule has 1 heterocycles. The molecular weight excluding hydrogens is 246 g/mol. The van der Waals surface area contributed by atoms with Crippen molar-refractivity contribution in [2.75, 3.05) is 13.1 Å². The number of benzene rings is 1. The molecule has 0 spiro atoms. The number of rotatable bonds is 4. The number of nitrogens with one attached hydrogen (secondary N) is 1. The minimum absolute atomic E-state index is 0.0699. The van der Waals surface area contributed by atoms with Crippen molar-refractivity contribution in [1.82, 2.24) is 5.32 Å². The van der Waals surface area contributed by atoms with Crippen LogP contribution in [0.5, 0.6) is 0 Å². The molecule has 2 nitrogen and oxygen atoms in total. The topological polar surface area (TPSA) is 21.3 Å². The van der Waals surface area contributed by atoms with E-state index in [-0.39, 0.29) is 11.7 Å². The van der Waals surface area contributed by atoms with Crippen molar-refractivity contribution in [3.8, 4) is 0 Å². The minimum atomic E-state index is -0.0699. The number of hydrogen-bond donors (Lipinski definition) is 1. The van der Waals surface area contributed by atoms with Crippen LogP contribution in [0.3, 0.4) is 0 Å². The molecule has 1 aliphatic heterocycles. The van der Waals surface area contributed by atoms with E-state index < -0.39 is 0 Å². The summed E-state index contributed by atoms with van der Waals surface area (Å²) in [4.78, 5) is 0. The molecule has 20 heavy (non-hydrogen) atoms. The van der Waals surface area contributed by atoms with Crippen LogP contribution >= 0.6 is 0 Å². The molecule has 112 valence electrons. The summed E-state index contributed by atoms with van der Waals surface area (Å²) in [5.74, 6) is 1.22. The first-order valence-corrected chi connectivity index (χ1v) is 7.88. The standard InChI is InChI=1S/C18H29NO/c1-13(2)10-15-6-8-16(9-7-15)17-11-19-12-18(5,20-17)14(3)4/h6-9,13-14,17,19H,10-12H2,1-5H3. The van der Waals surface area contributed by atoms with Gasteiger partial charge in [0.25, 0.3) is 0 Å². The molecule has 0 bridgehead atoms. The fraction of sp³-hybridized carbons (Fsp3) is 0.667. The van der Waals surface area contributed by atoms with E-state index in [1.807, 2.05) is 0 Å². The highest BCUT2D eigenvalue weighted by Crippen LogP contribution is 2.32. The van der Waals surface area contributed by atoms with Crippen LogP contribution in [0, 0.1) is 11.8 Å². The molecule has 1 saturated heterocycles. The Balaban J connectivity index is 2.07. The molecule has 2 unspecified atom stereocenters. The predicted octanol–water partition coefficient (Wildman–Crippen LogP) is 3.96. The third-order valence-electron chi connectivity index (χ3n) is 4.43. The zero-order valence-corrected chi connectivity index (χ0v) is 13.6. The first kappa shape index (κ1) is 15.5. The van der Waals surface area contributed by atoms with Crippen molar-refractivity contribution in [2.45, 2.75) is 52.7 Å². The van der Waals surface area contributed by atoms with E-state index in [4.69, 9.17) is 4.74 Å². The smallest absolute Gasteiger partial charge is 0.0957 e. The van der Waals surface area contributed by atoms with Gasteiger partial charge in [0.15, 0.2) is 0 Å². The summed E-state index contributed by atoms with van der Waals surface area (Å²) in [6, 6.07) is 8.96. The van der Waals surface area contributed by atoms with Crippen LogP contribution in [0.15, 0.2) is 24.3 Å². The van der Waals surface area contributed by atoms with Gasteiger partial charge in [0.05, 0.1) is 11.7 Å². The lowest BCUT2D eigenvalue weighted by Crippen LogP contribution is -2.52. The maximum Gasteiger partial charge on any atom is 0.0957 e. The Morgan fingerprint density at radius 2 is 1.85 bits per heavy atom. The van der Waals surface area contributed by atoms with Crippen molar-refractivity contribution < 1.29 is 4.74 Å². The summed E-state index contributed by atoms with van der Waals surface area (Å²) in [6.45, 7) is 13.0. The van der Waals surface area contributed by atoms with E-state index in [9.17, 15) is 0 Å². The molecular formula is C18H29NO. The molecule has 0 amide bonds. The normalized spacial score (nSPS) is 27.2. The fourth-order valence-corrected chi connectivity index (χ4v) is 2.73. The Kier molecular flexibility index (Phi) is 4.87. The zero-order valence-electron chi connectivity index (χ0n) is 13.6. The Labute approximate surface area is 123 Å². The van der Waals surface area contributed by atoms with Gasteiger partial charge in [0.2, 0.25) is 0 Å². The highest BCUT2D eigenvalue weighted by molar-refractivity contribution is 5.25. The van der Waals surface area contributed by atoms with Crippen molar-refractivity contribution in [3.63, 3.8) is 0 Å². The van der Waals surface area contributed by atoms with Crippen LogP contribution in [0.2, 0.25) is 0 Å². The fourth-order valence-electron chi connectivity index (χ4n) is 2.73. The lowest BCUT2D eigenvalue weighted by Gasteiger charge is -2.42. The molecule has 2 atom stereocenters. The Hall–Kier alpha value is -0.860. The molecule has 2 heteroatoms. The van der Waals surface area contributed by atoms with Gasteiger partial charge in [-0.05, 0) is 36.3 Å². The lowest BCUT2D eigenvalue weighted by molar-refractivity contribution is -0.132. The van der Waals surface area contributed by atoms with Gasteiger partial charge in [-0.2, -0.15) is 0 Å². The summed E-state index contributed by atoms with van der Waals surface area (Å²) in [7, 11) is 0. The third-order valence-corrected chi connectivity index (χ3v) is 4.43. The van der Waals surface area contributed by atoms with Crippen LogP contribution in [-0.2, 0) is 11.2 Å². The molecule has 2 rings (SSSR count). The lowest BCUT2D eigenvalue weighted by atomic mass is 9.89. The molecule has 0 aromatic heterocycles. The summed E-state index contributed by atoms with van der Waals surface area (Å²) >= 11 is 0. The maximum atomic E-state index is 6.38. The van der Waals surface area contributed by atoms with Gasteiger partial charge >= 0.3 is 0 Å². The molecule has 0 aliphatic carbocycles. The van der Waals surface area contributed by atoms with Crippen molar-refractivity contribution >= 4 is 0 Å².